The van der Waals surface area contributed by atoms with Crippen LogP contribution < -0.4 is 11.5 Å². The number of phenolic OH excluding ortho intramolecular Hbond substituents is 1. The minimum absolute atomic E-state index is 0.343. The number of carbonyl (C=O) groups excluding carboxylic acids is 1. The molecule has 0 aliphatic heterocycles. The van der Waals surface area contributed by atoms with E-state index in [0.29, 0.717) is 46.0 Å². The molecule has 0 saturated heterocycles. The van der Waals surface area contributed by atoms with E-state index in [0.717, 1.165) is 5.56 Å². The van der Waals surface area contributed by atoms with Gasteiger partial charge in [0.1, 0.15) is 28.5 Å². The summed E-state index contributed by atoms with van der Waals surface area (Å²) in [6.45, 7) is 3.90. The lowest BCUT2D eigenvalue weighted by molar-refractivity contribution is 0.112. The summed E-state index contributed by atoms with van der Waals surface area (Å²) in [6.07, 6.45) is 7.00. The number of benzene rings is 1. The largest absolute Gasteiger partial charge is 0.508 e. The van der Waals surface area contributed by atoms with E-state index >= 15 is 0 Å². The van der Waals surface area contributed by atoms with Crippen LogP contribution >= 0.6 is 0 Å². The van der Waals surface area contributed by atoms with E-state index in [4.69, 9.17) is 10.8 Å². The van der Waals surface area contributed by atoms with Crippen molar-refractivity contribution >= 4 is 23.3 Å². The van der Waals surface area contributed by atoms with Crippen LogP contribution in [0.25, 0.3) is 22.6 Å². The number of aldehydes is 1. The van der Waals surface area contributed by atoms with Gasteiger partial charge in [-0.25, -0.2) is 9.97 Å². The molecule has 9 nitrogen and oxygen atoms in total. The predicted octanol–water partition coefficient (Wildman–Crippen LogP) is 2.40. The number of anilines is 1. The number of aromatic nitrogens is 5. The van der Waals surface area contributed by atoms with Crippen LogP contribution in [0.4, 0.5) is 5.82 Å². The average Bonchev–Trinajstić information content (AvgIpc) is 3.02. The molecule has 30 heavy (non-hydrogen) atoms. The van der Waals surface area contributed by atoms with Crippen molar-refractivity contribution in [3.05, 3.63) is 59.7 Å². The molecule has 1 aromatic carbocycles. The van der Waals surface area contributed by atoms with Crippen LogP contribution in [-0.2, 0) is 7.05 Å². The highest BCUT2D eigenvalue weighted by Crippen LogP contribution is 2.24. The Morgan fingerprint density at radius 1 is 1.07 bits per heavy atom. The third-order valence-corrected chi connectivity index (χ3v) is 4.26. The molecule has 9 heteroatoms. The fraction of sp³-hybridized carbons (Fsp3) is 0.190. The monoisotopic (exact) mass is 407 g/mol. The number of aromatic hydroxyl groups is 1. The zero-order valence-corrected chi connectivity index (χ0v) is 17.4. The van der Waals surface area contributed by atoms with Gasteiger partial charge in [-0.1, -0.05) is 17.7 Å². The first-order chi connectivity index (χ1) is 14.4. The highest BCUT2D eigenvalue weighted by Gasteiger charge is 2.16. The minimum atomic E-state index is 0.343. The van der Waals surface area contributed by atoms with E-state index < -0.39 is 0 Å². The van der Waals surface area contributed by atoms with Gasteiger partial charge in [0.25, 0.3) is 0 Å². The summed E-state index contributed by atoms with van der Waals surface area (Å²) in [4.78, 5) is 27.9. The third kappa shape index (κ3) is 4.76. The number of carbonyl (C=O) groups is 1. The number of nitrogen functional groups attached to an aromatic ring is 1. The second kappa shape index (κ2) is 10.1. The summed E-state index contributed by atoms with van der Waals surface area (Å²) in [6, 6.07) is 5.56. The van der Waals surface area contributed by atoms with Crippen LogP contribution in [-0.4, -0.2) is 42.9 Å². The molecule has 0 amide bonds. The van der Waals surface area contributed by atoms with Crippen molar-refractivity contribution in [3.63, 3.8) is 0 Å². The second-order valence-electron chi connectivity index (χ2n) is 6.28. The molecule has 0 aliphatic rings. The smallest absolute Gasteiger partial charge is 0.160 e. The summed E-state index contributed by atoms with van der Waals surface area (Å²) >= 11 is 0. The Hall–Kier alpha value is -3.85. The van der Waals surface area contributed by atoms with Crippen LogP contribution in [0.5, 0.6) is 5.75 Å². The minimum Gasteiger partial charge on any atom is -0.508 e. The van der Waals surface area contributed by atoms with Gasteiger partial charge in [-0.2, -0.15) is 0 Å². The lowest BCUT2D eigenvalue weighted by Crippen LogP contribution is -1.98. The molecular formula is C21H25N7O2. The van der Waals surface area contributed by atoms with Crippen molar-refractivity contribution in [2.45, 2.75) is 13.8 Å². The molecule has 4 rings (SSSR count). The number of hydrogen-bond acceptors (Lipinski definition) is 8. The lowest BCUT2D eigenvalue weighted by Gasteiger charge is -1.99. The van der Waals surface area contributed by atoms with Crippen molar-refractivity contribution < 1.29 is 9.90 Å². The number of aryl methyl sites for hydroxylation is 3. The maximum Gasteiger partial charge on any atom is 0.160 e. The van der Waals surface area contributed by atoms with Crippen molar-refractivity contribution in [2.24, 2.45) is 12.8 Å². The standard InChI is InChI=1S/C12H10N6O.C8H10O.CH5N/c1-18-11(13)7(6-19)10-12(18)16-5-9(17-10)8-4-14-2-3-15-8;1-6-3-4-8(9)7(2)5-6;1-2/h2-6H,13H2,1H3;3-5,9H,1-2H3;2H2,1H3. The molecule has 0 saturated carbocycles. The van der Waals surface area contributed by atoms with Gasteiger partial charge in [-0.15, -0.1) is 0 Å². The SMILES string of the molecule is CN.Cc1ccc(O)c(C)c1.Cn1c(N)c(C=O)c2nc(-c3cnccn3)cnc21. The van der Waals surface area contributed by atoms with Gasteiger partial charge < -0.3 is 21.1 Å². The Kier molecular flexibility index (Phi) is 7.54. The molecule has 3 heterocycles. The zero-order chi connectivity index (χ0) is 22.3. The lowest BCUT2D eigenvalue weighted by atomic mass is 10.1. The quantitative estimate of drug-likeness (QED) is 0.429. The summed E-state index contributed by atoms with van der Waals surface area (Å²) < 4.78 is 1.63. The van der Waals surface area contributed by atoms with Gasteiger partial charge in [0.05, 0.1) is 18.0 Å². The topological polar surface area (TPSA) is 146 Å². The maximum absolute atomic E-state index is 11.1. The zero-order valence-electron chi connectivity index (χ0n) is 17.4. The van der Waals surface area contributed by atoms with Crippen LogP contribution in [0, 0.1) is 13.8 Å². The van der Waals surface area contributed by atoms with Crippen molar-refractivity contribution in [2.75, 3.05) is 12.8 Å². The van der Waals surface area contributed by atoms with Gasteiger partial charge in [-0.3, -0.25) is 14.8 Å². The Balaban J connectivity index is 0.000000245. The van der Waals surface area contributed by atoms with Crippen molar-refractivity contribution in [1.82, 2.24) is 24.5 Å². The molecule has 0 spiro atoms. The van der Waals surface area contributed by atoms with Crippen LogP contribution in [0.2, 0.25) is 0 Å². The van der Waals surface area contributed by atoms with Gasteiger partial charge >= 0.3 is 0 Å². The number of nitrogens with two attached hydrogens (primary N) is 2. The van der Waals surface area contributed by atoms with E-state index in [2.05, 4.69) is 25.7 Å². The molecular weight excluding hydrogens is 382 g/mol. The predicted molar refractivity (Wildman–Crippen MR) is 117 cm³/mol. The summed E-state index contributed by atoms with van der Waals surface area (Å²) in [7, 11) is 3.24. The number of phenols is 1. The Bertz CT molecular complexity index is 1140. The maximum atomic E-state index is 11.1. The fourth-order valence-corrected chi connectivity index (χ4v) is 2.70. The number of nitrogens with zero attached hydrogens (tertiary/aromatic N) is 5. The van der Waals surface area contributed by atoms with Crippen LogP contribution in [0.3, 0.4) is 0 Å². The third-order valence-electron chi connectivity index (χ3n) is 4.26. The number of rotatable bonds is 2. The Morgan fingerprint density at radius 2 is 1.80 bits per heavy atom. The number of fused-ring (bicyclic) bond motifs is 1. The first-order valence-electron chi connectivity index (χ1n) is 9.08. The van der Waals surface area contributed by atoms with Crippen molar-refractivity contribution in [1.29, 1.82) is 0 Å². The molecule has 3 aromatic heterocycles. The molecule has 4 aromatic rings. The van der Waals surface area contributed by atoms with Crippen molar-refractivity contribution in [3.8, 4) is 17.1 Å². The van der Waals surface area contributed by atoms with Gasteiger partial charge in [0.15, 0.2) is 11.9 Å². The van der Waals surface area contributed by atoms with Gasteiger partial charge in [0, 0.05) is 19.4 Å². The molecule has 0 aliphatic carbocycles. The Morgan fingerprint density at radius 3 is 2.37 bits per heavy atom. The van der Waals surface area contributed by atoms with Crippen LogP contribution in [0.1, 0.15) is 21.5 Å². The molecule has 0 radical (unpaired) electrons. The van der Waals surface area contributed by atoms with Gasteiger partial charge in [-0.05, 0) is 32.5 Å². The van der Waals surface area contributed by atoms with Gasteiger partial charge in [0.2, 0.25) is 0 Å². The highest BCUT2D eigenvalue weighted by atomic mass is 16.3. The summed E-state index contributed by atoms with van der Waals surface area (Å²) in [5, 5.41) is 9.04. The first kappa shape index (κ1) is 22.4. The molecule has 156 valence electrons. The molecule has 0 atom stereocenters. The molecule has 0 fully saturated rings. The molecule has 0 unspecified atom stereocenters. The van der Waals surface area contributed by atoms with E-state index in [-0.39, 0.29) is 0 Å². The molecule has 0 bridgehead atoms. The second-order valence-corrected chi connectivity index (χ2v) is 6.28. The average molecular weight is 407 g/mol. The first-order valence-corrected chi connectivity index (χ1v) is 9.08. The highest BCUT2D eigenvalue weighted by molar-refractivity contribution is 6.00. The van der Waals surface area contributed by atoms with Crippen LogP contribution in [0.15, 0.2) is 43.0 Å². The molecule has 5 N–H and O–H groups in total. The fourth-order valence-electron chi connectivity index (χ4n) is 2.70. The summed E-state index contributed by atoms with van der Waals surface area (Å²) in [5.74, 6) is 0.724. The van der Waals surface area contributed by atoms with E-state index in [1.807, 2.05) is 26.0 Å². The van der Waals surface area contributed by atoms with E-state index in [9.17, 15) is 4.79 Å². The van der Waals surface area contributed by atoms with E-state index in [1.165, 1.54) is 12.6 Å². The van der Waals surface area contributed by atoms with E-state index in [1.54, 1.807) is 42.5 Å². The summed E-state index contributed by atoms with van der Waals surface area (Å²) in [5.41, 5.74) is 15.0. The Labute approximate surface area is 174 Å². The number of hydrogen-bond donors (Lipinski definition) is 3. The normalized spacial score (nSPS) is 9.90.